The van der Waals surface area contributed by atoms with Gasteiger partial charge in [-0.15, -0.1) is 0 Å². The smallest absolute Gasteiger partial charge is 0.0475 e. The molecule has 0 amide bonds. The van der Waals surface area contributed by atoms with Gasteiger partial charge in [-0.1, -0.05) is 42.5 Å². The SMILES string of the molecule is C/C=C/C=C/N(Cc1ccccc1C)C1=CCNCC1. The van der Waals surface area contributed by atoms with Crippen molar-refractivity contribution in [3.63, 3.8) is 0 Å². The maximum Gasteiger partial charge on any atom is 0.0475 e. The molecule has 1 aliphatic heterocycles. The summed E-state index contributed by atoms with van der Waals surface area (Å²) >= 11 is 0. The summed E-state index contributed by atoms with van der Waals surface area (Å²) in [5.74, 6) is 0. The zero-order valence-electron chi connectivity index (χ0n) is 12.5. The van der Waals surface area contributed by atoms with Gasteiger partial charge in [0.1, 0.15) is 0 Å². The molecule has 0 saturated carbocycles. The molecule has 0 unspecified atom stereocenters. The Hall–Kier alpha value is -1.80. The molecule has 0 fully saturated rings. The van der Waals surface area contributed by atoms with Gasteiger partial charge in [-0.05, 0) is 37.5 Å². The number of allylic oxidation sites excluding steroid dienone is 3. The first-order valence-electron chi connectivity index (χ1n) is 7.31. The molecule has 106 valence electrons. The van der Waals surface area contributed by atoms with E-state index < -0.39 is 0 Å². The summed E-state index contributed by atoms with van der Waals surface area (Å²) in [7, 11) is 0. The fourth-order valence-electron chi connectivity index (χ4n) is 2.36. The highest BCUT2D eigenvalue weighted by Gasteiger charge is 2.11. The monoisotopic (exact) mass is 268 g/mol. The second kappa shape index (κ2) is 7.71. The molecule has 2 rings (SSSR count). The molecule has 1 aromatic rings. The van der Waals surface area contributed by atoms with Gasteiger partial charge >= 0.3 is 0 Å². The van der Waals surface area contributed by atoms with Crippen LogP contribution in [-0.2, 0) is 6.54 Å². The predicted molar refractivity (Wildman–Crippen MR) is 86.2 cm³/mol. The van der Waals surface area contributed by atoms with Crippen LogP contribution in [0.1, 0.15) is 24.5 Å². The standard InChI is InChI=1S/C18H24N2/c1-3-4-7-14-20(18-10-12-19-13-11-18)15-17-9-6-5-8-16(17)2/h3-10,14,19H,11-13,15H2,1-2H3/b4-3+,14-7+. The molecule has 0 spiro atoms. The third-order valence-corrected chi connectivity index (χ3v) is 3.58. The van der Waals surface area contributed by atoms with Gasteiger partial charge in [-0.3, -0.25) is 0 Å². The molecule has 1 aliphatic rings. The zero-order valence-corrected chi connectivity index (χ0v) is 12.5. The average Bonchev–Trinajstić information content (AvgIpc) is 2.49. The quantitative estimate of drug-likeness (QED) is 0.818. The molecule has 0 aromatic heterocycles. The van der Waals surface area contributed by atoms with Crippen LogP contribution >= 0.6 is 0 Å². The van der Waals surface area contributed by atoms with E-state index in [9.17, 15) is 0 Å². The van der Waals surface area contributed by atoms with E-state index in [1.807, 2.05) is 6.92 Å². The normalized spacial score (nSPS) is 15.8. The number of hydrogen-bond donors (Lipinski definition) is 1. The maximum atomic E-state index is 3.37. The fraction of sp³-hybridized carbons (Fsp3) is 0.333. The topological polar surface area (TPSA) is 15.3 Å². The number of hydrogen-bond acceptors (Lipinski definition) is 2. The lowest BCUT2D eigenvalue weighted by atomic mass is 10.1. The van der Waals surface area contributed by atoms with Gasteiger partial charge in [0, 0.05) is 31.5 Å². The number of aryl methyl sites for hydroxylation is 1. The second-order valence-electron chi connectivity index (χ2n) is 5.07. The highest BCUT2D eigenvalue weighted by atomic mass is 15.1. The second-order valence-corrected chi connectivity index (χ2v) is 5.07. The Kier molecular flexibility index (Phi) is 5.63. The molecule has 0 radical (unpaired) electrons. The first-order chi connectivity index (χ1) is 9.81. The van der Waals surface area contributed by atoms with E-state index in [0.717, 1.165) is 26.1 Å². The Morgan fingerprint density at radius 3 is 2.80 bits per heavy atom. The van der Waals surface area contributed by atoms with Gasteiger partial charge in [0.05, 0.1) is 0 Å². The summed E-state index contributed by atoms with van der Waals surface area (Å²) in [6.07, 6.45) is 11.8. The van der Waals surface area contributed by atoms with Gasteiger partial charge in [0.15, 0.2) is 0 Å². The van der Waals surface area contributed by atoms with Gasteiger partial charge in [-0.25, -0.2) is 0 Å². The maximum absolute atomic E-state index is 3.37. The van der Waals surface area contributed by atoms with E-state index in [0.29, 0.717) is 0 Å². The molecule has 1 aromatic carbocycles. The Labute approximate surface area is 122 Å². The van der Waals surface area contributed by atoms with E-state index >= 15 is 0 Å². The van der Waals surface area contributed by atoms with Crippen molar-refractivity contribution < 1.29 is 0 Å². The minimum Gasteiger partial charge on any atom is -0.347 e. The van der Waals surface area contributed by atoms with Crippen LogP contribution in [-0.4, -0.2) is 18.0 Å². The average molecular weight is 268 g/mol. The van der Waals surface area contributed by atoms with Crippen LogP contribution in [0.4, 0.5) is 0 Å². The Bertz CT molecular complexity index is 512. The lowest BCUT2D eigenvalue weighted by Gasteiger charge is -2.27. The van der Waals surface area contributed by atoms with Crippen molar-refractivity contribution in [2.24, 2.45) is 0 Å². The number of nitrogens with zero attached hydrogens (tertiary/aromatic N) is 1. The summed E-state index contributed by atoms with van der Waals surface area (Å²) in [5.41, 5.74) is 4.15. The molecular formula is C18H24N2. The van der Waals surface area contributed by atoms with Crippen molar-refractivity contribution in [1.29, 1.82) is 0 Å². The van der Waals surface area contributed by atoms with Gasteiger partial charge in [-0.2, -0.15) is 0 Å². The van der Waals surface area contributed by atoms with Crippen molar-refractivity contribution in [1.82, 2.24) is 10.2 Å². The molecule has 1 N–H and O–H groups in total. The summed E-state index contributed by atoms with van der Waals surface area (Å²) in [5, 5.41) is 3.37. The minimum atomic E-state index is 0.937. The van der Waals surface area contributed by atoms with Crippen molar-refractivity contribution in [2.45, 2.75) is 26.8 Å². The molecule has 0 bridgehead atoms. The molecule has 20 heavy (non-hydrogen) atoms. The van der Waals surface area contributed by atoms with Crippen LogP contribution in [0.3, 0.4) is 0 Å². The highest BCUT2D eigenvalue weighted by molar-refractivity contribution is 5.27. The number of nitrogens with one attached hydrogen (secondary N) is 1. The van der Waals surface area contributed by atoms with E-state index in [4.69, 9.17) is 0 Å². The van der Waals surface area contributed by atoms with E-state index in [1.54, 1.807) is 0 Å². The van der Waals surface area contributed by atoms with Crippen LogP contribution in [0.15, 0.2) is 60.5 Å². The molecule has 0 aliphatic carbocycles. The summed E-state index contributed by atoms with van der Waals surface area (Å²) in [4.78, 5) is 2.36. The van der Waals surface area contributed by atoms with Gasteiger partial charge in [0.25, 0.3) is 0 Å². The van der Waals surface area contributed by atoms with Crippen LogP contribution in [0.25, 0.3) is 0 Å². The van der Waals surface area contributed by atoms with E-state index in [2.05, 4.69) is 71.9 Å². The Morgan fingerprint density at radius 2 is 2.10 bits per heavy atom. The lowest BCUT2D eigenvalue weighted by Crippen LogP contribution is -2.27. The largest absolute Gasteiger partial charge is 0.347 e. The number of benzene rings is 1. The molecule has 0 saturated heterocycles. The van der Waals surface area contributed by atoms with Crippen molar-refractivity contribution >= 4 is 0 Å². The van der Waals surface area contributed by atoms with E-state index in [-0.39, 0.29) is 0 Å². The zero-order chi connectivity index (χ0) is 14.2. The van der Waals surface area contributed by atoms with Crippen LogP contribution in [0.5, 0.6) is 0 Å². The van der Waals surface area contributed by atoms with Crippen molar-refractivity contribution in [3.05, 3.63) is 71.6 Å². The third kappa shape index (κ3) is 4.10. The van der Waals surface area contributed by atoms with Crippen LogP contribution in [0.2, 0.25) is 0 Å². The summed E-state index contributed by atoms with van der Waals surface area (Å²) in [6.45, 7) is 7.19. The summed E-state index contributed by atoms with van der Waals surface area (Å²) in [6, 6.07) is 8.61. The summed E-state index contributed by atoms with van der Waals surface area (Å²) < 4.78 is 0. The number of rotatable bonds is 5. The van der Waals surface area contributed by atoms with Crippen molar-refractivity contribution in [3.8, 4) is 0 Å². The van der Waals surface area contributed by atoms with E-state index in [1.165, 1.54) is 16.8 Å². The highest BCUT2D eigenvalue weighted by Crippen LogP contribution is 2.18. The molecule has 2 nitrogen and oxygen atoms in total. The molecular weight excluding hydrogens is 244 g/mol. The van der Waals surface area contributed by atoms with Gasteiger partial charge in [0.2, 0.25) is 0 Å². The van der Waals surface area contributed by atoms with Crippen LogP contribution < -0.4 is 5.32 Å². The Morgan fingerprint density at radius 1 is 1.25 bits per heavy atom. The molecule has 2 heteroatoms. The minimum absolute atomic E-state index is 0.937. The first-order valence-corrected chi connectivity index (χ1v) is 7.31. The van der Waals surface area contributed by atoms with Crippen LogP contribution in [0, 0.1) is 6.92 Å². The molecule has 0 atom stereocenters. The first kappa shape index (κ1) is 14.6. The van der Waals surface area contributed by atoms with Gasteiger partial charge < -0.3 is 10.2 Å². The molecule has 1 heterocycles. The lowest BCUT2D eigenvalue weighted by molar-refractivity contribution is 0.423. The Balaban J connectivity index is 2.18. The predicted octanol–water partition coefficient (Wildman–Crippen LogP) is 3.76. The third-order valence-electron chi connectivity index (χ3n) is 3.58. The fourth-order valence-corrected chi connectivity index (χ4v) is 2.36. The van der Waals surface area contributed by atoms with Crippen molar-refractivity contribution in [2.75, 3.05) is 13.1 Å².